The molecular weight excluding hydrogens is 369 g/mol. The second-order valence-electron chi connectivity index (χ2n) is 6.85. The number of imidazole rings is 1. The van der Waals surface area contributed by atoms with Crippen LogP contribution in [-0.4, -0.2) is 42.1 Å². The van der Waals surface area contributed by atoms with Crippen LogP contribution in [0.15, 0.2) is 42.5 Å². The van der Waals surface area contributed by atoms with Crippen LogP contribution < -0.4 is 15.0 Å². The Kier molecular flexibility index (Phi) is 4.89. The van der Waals surface area contributed by atoms with Gasteiger partial charge in [-0.05, 0) is 42.8 Å². The summed E-state index contributed by atoms with van der Waals surface area (Å²) >= 11 is 0. The van der Waals surface area contributed by atoms with Crippen LogP contribution in [0.3, 0.4) is 0 Å². The van der Waals surface area contributed by atoms with Gasteiger partial charge in [-0.25, -0.2) is 4.98 Å². The van der Waals surface area contributed by atoms with Crippen molar-refractivity contribution in [3.05, 3.63) is 53.9 Å². The Morgan fingerprint density at radius 3 is 2.46 bits per heavy atom. The molecule has 5 nitrogen and oxygen atoms in total. The number of halogens is 3. The average molecular weight is 390 g/mol. The highest BCUT2D eigenvalue weighted by molar-refractivity contribution is 5.80. The first-order valence-electron chi connectivity index (χ1n) is 9.16. The van der Waals surface area contributed by atoms with Crippen molar-refractivity contribution in [1.82, 2.24) is 14.9 Å². The summed E-state index contributed by atoms with van der Waals surface area (Å²) in [5, 5.41) is 3.35. The van der Waals surface area contributed by atoms with Crippen molar-refractivity contribution in [2.24, 2.45) is 0 Å². The van der Waals surface area contributed by atoms with Crippen molar-refractivity contribution in [3.63, 3.8) is 0 Å². The number of fused-ring (bicyclic) bond motifs is 1. The van der Waals surface area contributed by atoms with Crippen LogP contribution in [0.25, 0.3) is 11.0 Å². The van der Waals surface area contributed by atoms with Gasteiger partial charge in [-0.3, -0.25) is 0 Å². The van der Waals surface area contributed by atoms with Crippen LogP contribution >= 0.6 is 0 Å². The highest BCUT2D eigenvalue weighted by Gasteiger charge is 2.30. The van der Waals surface area contributed by atoms with Gasteiger partial charge in [0, 0.05) is 38.4 Å². The lowest BCUT2D eigenvalue weighted by Crippen LogP contribution is -2.43. The van der Waals surface area contributed by atoms with Crippen LogP contribution in [0.4, 0.5) is 18.9 Å². The van der Waals surface area contributed by atoms with Crippen LogP contribution in [-0.2, 0) is 6.54 Å². The number of ether oxygens (including phenoxy) is 1. The van der Waals surface area contributed by atoms with Crippen LogP contribution in [0.2, 0.25) is 0 Å². The Morgan fingerprint density at radius 2 is 1.79 bits per heavy atom. The van der Waals surface area contributed by atoms with Crippen LogP contribution in [0.5, 0.6) is 5.75 Å². The van der Waals surface area contributed by atoms with E-state index < -0.39 is 6.36 Å². The van der Waals surface area contributed by atoms with E-state index in [1.807, 2.05) is 13.0 Å². The lowest BCUT2D eigenvalue weighted by Gasteiger charge is -2.29. The molecule has 0 spiro atoms. The third-order valence-electron chi connectivity index (χ3n) is 4.90. The van der Waals surface area contributed by atoms with Gasteiger partial charge < -0.3 is 19.5 Å². The molecule has 0 bridgehead atoms. The molecule has 2 heterocycles. The van der Waals surface area contributed by atoms with Crippen molar-refractivity contribution in [3.8, 4) is 5.75 Å². The fraction of sp³-hybridized carbons (Fsp3) is 0.350. The van der Waals surface area contributed by atoms with Crippen LogP contribution in [0.1, 0.15) is 11.4 Å². The van der Waals surface area contributed by atoms with E-state index in [0.29, 0.717) is 6.54 Å². The minimum absolute atomic E-state index is 0.218. The summed E-state index contributed by atoms with van der Waals surface area (Å²) in [6, 6.07) is 12.2. The molecule has 0 saturated carbocycles. The van der Waals surface area contributed by atoms with Crippen LogP contribution in [0, 0.1) is 6.92 Å². The summed E-state index contributed by atoms with van der Waals surface area (Å²) in [5.74, 6) is 0.646. The molecule has 4 rings (SSSR count). The molecular formula is C20H21F3N4O. The normalized spacial score (nSPS) is 15.2. The van der Waals surface area contributed by atoms with Crippen molar-refractivity contribution in [2.45, 2.75) is 19.8 Å². The number of anilines is 1. The Labute approximate surface area is 160 Å². The maximum atomic E-state index is 12.3. The molecule has 0 aliphatic carbocycles. The zero-order valence-corrected chi connectivity index (χ0v) is 15.5. The molecule has 1 saturated heterocycles. The molecule has 148 valence electrons. The molecule has 0 atom stereocenters. The van der Waals surface area contributed by atoms with Gasteiger partial charge in [-0.15, -0.1) is 13.2 Å². The maximum absolute atomic E-state index is 12.3. The Bertz CT molecular complexity index is 960. The molecule has 8 heteroatoms. The standard InChI is InChI=1S/C20H21F3N4O/c1-14-25-18-7-4-16(26-10-8-24-9-11-26)12-19(18)27(14)13-15-2-5-17(6-3-15)28-20(21,22)23/h2-7,12,24H,8-11,13H2,1H3. The number of hydrogen-bond donors (Lipinski definition) is 1. The maximum Gasteiger partial charge on any atom is 0.573 e. The smallest absolute Gasteiger partial charge is 0.406 e. The molecule has 1 aliphatic rings. The lowest BCUT2D eigenvalue weighted by atomic mass is 10.2. The monoisotopic (exact) mass is 390 g/mol. The van der Waals surface area contributed by atoms with Gasteiger partial charge >= 0.3 is 6.36 Å². The quantitative estimate of drug-likeness (QED) is 0.738. The first-order valence-corrected chi connectivity index (χ1v) is 9.16. The summed E-state index contributed by atoms with van der Waals surface area (Å²) in [5.41, 5.74) is 3.96. The average Bonchev–Trinajstić information content (AvgIpc) is 2.97. The van der Waals surface area contributed by atoms with Gasteiger partial charge in [0.15, 0.2) is 0 Å². The van der Waals surface area contributed by atoms with E-state index in [0.717, 1.165) is 54.3 Å². The summed E-state index contributed by atoms with van der Waals surface area (Å²) < 4.78 is 43.0. The minimum atomic E-state index is -4.68. The highest BCUT2D eigenvalue weighted by atomic mass is 19.4. The molecule has 0 radical (unpaired) electrons. The summed E-state index contributed by atoms with van der Waals surface area (Å²) in [6.07, 6.45) is -4.68. The number of aryl methyl sites for hydroxylation is 1. The van der Waals surface area contributed by atoms with Crippen molar-refractivity contribution in [2.75, 3.05) is 31.1 Å². The predicted molar refractivity (Wildman–Crippen MR) is 102 cm³/mol. The second-order valence-corrected chi connectivity index (χ2v) is 6.85. The Hall–Kier alpha value is -2.74. The predicted octanol–water partition coefficient (Wildman–Crippen LogP) is 3.70. The minimum Gasteiger partial charge on any atom is -0.406 e. The summed E-state index contributed by atoms with van der Waals surface area (Å²) in [7, 11) is 0. The van der Waals surface area contributed by atoms with Gasteiger partial charge in [0.1, 0.15) is 11.6 Å². The Morgan fingerprint density at radius 1 is 1.07 bits per heavy atom. The number of benzene rings is 2. The molecule has 3 aromatic rings. The highest BCUT2D eigenvalue weighted by Crippen LogP contribution is 2.26. The van der Waals surface area contributed by atoms with Gasteiger partial charge in [-0.2, -0.15) is 0 Å². The zero-order valence-electron chi connectivity index (χ0n) is 15.5. The van der Waals surface area contributed by atoms with Crippen molar-refractivity contribution >= 4 is 16.7 Å². The van der Waals surface area contributed by atoms with E-state index in [1.165, 1.54) is 12.1 Å². The molecule has 2 aromatic carbocycles. The number of piperazine rings is 1. The molecule has 0 unspecified atom stereocenters. The zero-order chi connectivity index (χ0) is 19.7. The molecule has 1 aliphatic heterocycles. The van der Waals surface area contributed by atoms with Gasteiger partial charge in [0.2, 0.25) is 0 Å². The molecule has 1 N–H and O–H groups in total. The first-order chi connectivity index (χ1) is 13.4. The largest absolute Gasteiger partial charge is 0.573 e. The van der Waals surface area contributed by atoms with E-state index >= 15 is 0 Å². The molecule has 1 aromatic heterocycles. The van der Waals surface area contributed by atoms with E-state index in [1.54, 1.807) is 12.1 Å². The number of aromatic nitrogens is 2. The van der Waals surface area contributed by atoms with Crippen molar-refractivity contribution in [1.29, 1.82) is 0 Å². The van der Waals surface area contributed by atoms with E-state index in [9.17, 15) is 13.2 Å². The lowest BCUT2D eigenvalue weighted by molar-refractivity contribution is -0.274. The molecule has 1 fully saturated rings. The third kappa shape index (κ3) is 4.06. The number of alkyl halides is 3. The summed E-state index contributed by atoms with van der Waals surface area (Å²) in [6.45, 7) is 6.30. The SMILES string of the molecule is Cc1nc2ccc(N3CCNCC3)cc2n1Cc1ccc(OC(F)(F)F)cc1. The first kappa shape index (κ1) is 18.6. The molecule has 0 amide bonds. The van der Waals surface area contributed by atoms with Gasteiger partial charge in [0.05, 0.1) is 11.0 Å². The fourth-order valence-corrected chi connectivity index (χ4v) is 3.53. The number of nitrogens with one attached hydrogen (secondary N) is 1. The topological polar surface area (TPSA) is 42.3 Å². The van der Waals surface area contributed by atoms with E-state index in [2.05, 4.69) is 36.6 Å². The fourth-order valence-electron chi connectivity index (χ4n) is 3.53. The number of nitrogens with zero attached hydrogens (tertiary/aromatic N) is 3. The second kappa shape index (κ2) is 7.35. The molecule has 28 heavy (non-hydrogen) atoms. The van der Waals surface area contributed by atoms with E-state index in [-0.39, 0.29) is 5.75 Å². The summed E-state index contributed by atoms with van der Waals surface area (Å²) in [4.78, 5) is 6.96. The van der Waals surface area contributed by atoms with Crippen molar-refractivity contribution < 1.29 is 17.9 Å². The number of rotatable bonds is 4. The van der Waals surface area contributed by atoms with Gasteiger partial charge in [0.25, 0.3) is 0 Å². The third-order valence-corrected chi connectivity index (χ3v) is 4.90. The van der Waals surface area contributed by atoms with E-state index in [4.69, 9.17) is 0 Å². The Balaban J connectivity index is 1.60. The number of hydrogen-bond acceptors (Lipinski definition) is 4. The van der Waals surface area contributed by atoms with Gasteiger partial charge in [-0.1, -0.05) is 12.1 Å².